The molecule has 1 atom stereocenters. The molecular formula is C11H10F4O2. The zero-order valence-electron chi connectivity index (χ0n) is 8.88. The first-order valence-corrected chi connectivity index (χ1v) is 4.80. The highest BCUT2D eigenvalue weighted by Crippen LogP contribution is 2.36. The van der Waals surface area contributed by atoms with Gasteiger partial charge in [-0.25, -0.2) is 4.39 Å². The highest BCUT2D eigenvalue weighted by Gasteiger charge is 2.35. The van der Waals surface area contributed by atoms with Gasteiger partial charge < -0.3 is 5.11 Å². The van der Waals surface area contributed by atoms with Crippen LogP contribution in [0.15, 0.2) is 18.2 Å². The molecule has 0 fully saturated rings. The fraction of sp³-hybridized carbons (Fsp3) is 0.364. The lowest BCUT2D eigenvalue weighted by Crippen LogP contribution is -2.13. The summed E-state index contributed by atoms with van der Waals surface area (Å²) in [4.78, 5) is 10.5. The van der Waals surface area contributed by atoms with Crippen LogP contribution in [-0.4, -0.2) is 11.1 Å². The van der Waals surface area contributed by atoms with E-state index in [1.807, 2.05) is 0 Å². The Morgan fingerprint density at radius 3 is 2.47 bits per heavy atom. The predicted octanol–water partition coefficient (Wildman–Crippen LogP) is 3.42. The van der Waals surface area contributed by atoms with Crippen molar-refractivity contribution in [2.24, 2.45) is 0 Å². The summed E-state index contributed by atoms with van der Waals surface area (Å²) in [6.45, 7) is 1.36. The third-order valence-corrected chi connectivity index (χ3v) is 2.33. The molecule has 0 spiro atoms. The lowest BCUT2D eigenvalue weighted by atomic mass is 9.93. The van der Waals surface area contributed by atoms with Crippen LogP contribution in [0.3, 0.4) is 0 Å². The molecule has 1 unspecified atom stereocenters. The van der Waals surface area contributed by atoms with Crippen LogP contribution in [0.1, 0.15) is 30.4 Å². The minimum Gasteiger partial charge on any atom is -0.481 e. The van der Waals surface area contributed by atoms with Gasteiger partial charge >= 0.3 is 12.1 Å². The maximum absolute atomic E-state index is 12.8. The van der Waals surface area contributed by atoms with Crippen LogP contribution in [0.4, 0.5) is 17.6 Å². The van der Waals surface area contributed by atoms with Crippen molar-refractivity contribution in [3.63, 3.8) is 0 Å². The van der Waals surface area contributed by atoms with Gasteiger partial charge in [-0.3, -0.25) is 4.79 Å². The van der Waals surface area contributed by atoms with Gasteiger partial charge in [0, 0.05) is 0 Å². The van der Waals surface area contributed by atoms with Crippen molar-refractivity contribution in [2.75, 3.05) is 0 Å². The van der Waals surface area contributed by atoms with E-state index in [4.69, 9.17) is 5.11 Å². The molecule has 1 N–H and O–H groups in total. The zero-order chi connectivity index (χ0) is 13.2. The number of hydrogen-bond donors (Lipinski definition) is 1. The molecule has 0 heterocycles. The van der Waals surface area contributed by atoms with Gasteiger partial charge in [-0.2, -0.15) is 13.2 Å². The van der Waals surface area contributed by atoms with Crippen LogP contribution in [0, 0.1) is 5.82 Å². The largest absolute Gasteiger partial charge is 0.481 e. The Morgan fingerprint density at radius 1 is 1.41 bits per heavy atom. The topological polar surface area (TPSA) is 37.3 Å². The van der Waals surface area contributed by atoms with Crippen molar-refractivity contribution in [3.8, 4) is 0 Å². The molecule has 0 aromatic heterocycles. The Kier molecular flexibility index (Phi) is 3.75. The van der Waals surface area contributed by atoms with E-state index in [-0.39, 0.29) is 5.56 Å². The summed E-state index contributed by atoms with van der Waals surface area (Å²) in [7, 11) is 0. The molecule has 1 rings (SSSR count). The zero-order valence-corrected chi connectivity index (χ0v) is 8.88. The minimum atomic E-state index is -4.69. The molecular weight excluding hydrogens is 240 g/mol. The summed E-state index contributed by atoms with van der Waals surface area (Å²) < 4.78 is 50.6. The van der Waals surface area contributed by atoms with Crippen molar-refractivity contribution >= 4 is 5.97 Å². The lowest BCUT2D eigenvalue weighted by Gasteiger charge is -2.17. The summed E-state index contributed by atoms with van der Waals surface area (Å²) in [5, 5.41) is 8.54. The third-order valence-electron chi connectivity index (χ3n) is 2.33. The van der Waals surface area contributed by atoms with E-state index in [9.17, 15) is 22.4 Å². The quantitative estimate of drug-likeness (QED) is 0.834. The summed E-state index contributed by atoms with van der Waals surface area (Å²) in [5.41, 5.74) is -1.33. The number of benzene rings is 1. The van der Waals surface area contributed by atoms with E-state index in [0.29, 0.717) is 6.07 Å². The van der Waals surface area contributed by atoms with E-state index in [0.717, 1.165) is 12.1 Å². The van der Waals surface area contributed by atoms with E-state index in [2.05, 4.69) is 0 Å². The van der Waals surface area contributed by atoms with Gasteiger partial charge in [0.15, 0.2) is 0 Å². The number of hydrogen-bond acceptors (Lipinski definition) is 1. The van der Waals surface area contributed by atoms with Crippen LogP contribution in [0.5, 0.6) is 0 Å². The standard InChI is InChI=1S/C11H10F4O2/c1-6(4-10(16)17)8-3-2-7(12)5-9(8)11(13,14)15/h2-3,5-6H,4H2,1H3,(H,16,17). The average molecular weight is 250 g/mol. The summed E-state index contributed by atoms with van der Waals surface area (Å²) in [6, 6.07) is 2.25. The van der Waals surface area contributed by atoms with Crippen molar-refractivity contribution in [2.45, 2.75) is 25.4 Å². The van der Waals surface area contributed by atoms with Crippen LogP contribution in [0.2, 0.25) is 0 Å². The van der Waals surface area contributed by atoms with Gasteiger partial charge in [-0.15, -0.1) is 0 Å². The van der Waals surface area contributed by atoms with Crippen molar-refractivity contribution < 1.29 is 27.5 Å². The van der Waals surface area contributed by atoms with Crippen LogP contribution in [0.25, 0.3) is 0 Å². The number of halogens is 4. The van der Waals surface area contributed by atoms with Gasteiger partial charge in [0.25, 0.3) is 0 Å². The van der Waals surface area contributed by atoms with Gasteiger partial charge in [0.05, 0.1) is 12.0 Å². The molecule has 2 nitrogen and oxygen atoms in total. The van der Waals surface area contributed by atoms with E-state index < -0.39 is 35.9 Å². The fourth-order valence-corrected chi connectivity index (χ4v) is 1.58. The van der Waals surface area contributed by atoms with Crippen LogP contribution < -0.4 is 0 Å². The molecule has 0 amide bonds. The van der Waals surface area contributed by atoms with E-state index in [1.165, 1.54) is 6.92 Å². The molecule has 0 aliphatic rings. The van der Waals surface area contributed by atoms with Crippen LogP contribution in [-0.2, 0) is 11.0 Å². The Morgan fingerprint density at radius 2 is 2.00 bits per heavy atom. The Balaban J connectivity index is 3.19. The normalized spacial score (nSPS) is 13.5. The summed E-state index contributed by atoms with van der Waals surface area (Å²) >= 11 is 0. The fourth-order valence-electron chi connectivity index (χ4n) is 1.58. The maximum atomic E-state index is 12.8. The Bertz CT molecular complexity index is 426. The second-order valence-electron chi connectivity index (χ2n) is 3.73. The number of carboxylic acids is 1. The second kappa shape index (κ2) is 4.73. The first-order chi connectivity index (χ1) is 7.71. The Labute approximate surface area is 94.9 Å². The predicted molar refractivity (Wildman–Crippen MR) is 52.1 cm³/mol. The highest BCUT2D eigenvalue weighted by atomic mass is 19.4. The molecule has 94 valence electrons. The van der Waals surface area contributed by atoms with E-state index >= 15 is 0 Å². The van der Waals surface area contributed by atoms with Crippen molar-refractivity contribution in [1.82, 2.24) is 0 Å². The summed E-state index contributed by atoms with van der Waals surface area (Å²) in [6.07, 6.45) is -5.13. The maximum Gasteiger partial charge on any atom is 0.416 e. The SMILES string of the molecule is CC(CC(=O)O)c1ccc(F)cc1C(F)(F)F. The number of carboxylic acid groups (broad SMARTS) is 1. The average Bonchev–Trinajstić information content (AvgIpc) is 2.14. The summed E-state index contributed by atoms with van der Waals surface area (Å²) in [5.74, 6) is -3.02. The first-order valence-electron chi connectivity index (χ1n) is 4.80. The highest BCUT2D eigenvalue weighted by molar-refractivity contribution is 5.68. The molecule has 0 aliphatic heterocycles. The number of carbonyl (C=O) groups is 1. The molecule has 0 saturated heterocycles. The molecule has 6 heteroatoms. The van der Waals surface area contributed by atoms with Crippen LogP contribution >= 0.6 is 0 Å². The molecule has 0 aliphatic carbocycles. The molecule has 1 aromatic carbocycles. The minimum absolute atomic E-state index is 0.207. The number of alkyl halides is 3. The molecule has 17 heavy (non-hydrogen) atoms. The van der Waals surface area contributed by atoms with Crippen molar-refractivity contribution in [1.29, 1.82) is 0 Å². The number of rotatable bonds is 3. The third kappa shape index (κ3) is 3.44. The van der Waals surface area contributed by atoms with Gasteiger partial charge in [0.1, 0.15) is 5.82 Å². The van der Waals surface area contributed by atoms with Crippen molar-refractivity contribution in [3.05, 3.63) is 35.1 Å². The second-order valence-corrected chi connectivity index (χ2v) is 3.73. The Hall–Kier alpha value is -1.59. The molecule has 0 saturated carbocycles. The monoisotopic (exact) mass is 250 g/mol. The van der Waals surface area contributed by atoms with E-state index in [1.54, 1.807) is 0 Å². The molecule has 0 radical (unpaired) electrons. The van der Waals surface area contributed by atoms with Gasteiger partial charge in [0.2, 0.25) is 0 Å². The first kappa shape index (κ1) is 13.5. The van der Waals surface area contributed by atoms with Gasteiger partial charge in [-0.1, -0.05) is 13.0 Å². The number of aliphatic carboxylic acids is 1. The molecule has 1 aromatic rings. The van der Waals surface area contributed by atoms with Gasteiger partial charge in [-0.05, 0) is 23.6 Å². The lowest BCUT2D eigenvalue weighted by molar-refractivity contribution is -0.140. The smallest absolute Gasteiger partial charge is 0.416 e. The molecule has 0 bridgehead atoms.